The van der Waals surface area contributed by atoms with Gasteiger partial charge in [-0.15, -0.1) is 6.58 Å². The molecule has 3 atom stereocenters. The number of allylic oxidation sites excluding steroid dienone is 3. The third-order valence-corrected chi connectivity index (χ3v) is 5.36. The van der Waals surface area contributed by atoms with Crippen LogP contribution in [0.15, 0.2) is 53.9 Å². The maximum Gasteiger partial charge on any atom is 0.331 e. The van der Waals surface area contributed by atoms with Gasteiger partial charge in [0.25, 0.3) is 0 Å². The highest BCUT2D eigenvalue weighted by Crippen LogP contribution is 2.32. The number of aliphatic imine (C=N–C) groups is 1. The van der Waals surface area contributed by atoms with Gasteiger partial charge in [0.1, 0.15) is 11.1 Å². The SMILES string of the molecule is C=CC(Cc1cnc(-c2ccc(N(C(=O)NC=NC)/C(=C/CC)CC)cn2)[nH]1)C(C)(F)P.CC. The lowest BCUT2D eigenvalue weighted by atomic mass is 9.99. The van der Waals surface area contributed by atoms with Gasteiger partial charge in [0.15, 0.2) is 5.82 Å². The summed E-state index contributed by atoms with van der Waals surface area (Å²) in [5, 5.41) is 1.20. The molecule has 0 spiro atoms. The standard InChI is InChI=1S/C23H32FN6OP.C2H6/c1-6-9-18(8-3)30(22(31)28-15-25-5)19-10-11-20(26-14-19)21-27-13-17(29-21)12-16(7-2)23(4,24)32;1-2/h7,9-11,13-16H,2,6,8,12,32H2,1,3-5H3,(H,27,29)(H,25,28,31);1-2H3/b18-9+;. The summed E-state index contributed by atoms with van der Waals surface area (Å²) < 4.78 is 14.3. The third-order valence-electron chi connectivity index (χ3n) is 4.94. The zero-order valence-corrected chi connectivity index (χ0v) is 22.3. The fourth-order valence-corrected chi connectivity index (χ4v) is 3.48. The van der Waals surface area contributed by atoms with E-state index in [1.54, 1.807) is 36.5 Å². The monoisotopic (exact) mass is 488 g/mol. The maximum absolute atomic E-state index is 14.3. The van der Waals surface area contributed by atoms with E-state index in [0.29, 0.717) is 30.0 Å². The molecule has 0 aromatic carbocycles. The largest absolute Gasteiger partial charge is 0.341 e. The molecule has 3 unspecified atom stereocenters. The average Bonchev–Trinajstić information content (AvgIpc) is 3.30. The number of nitrogens with one attached hydrogen (secondary N) is 2. The van der Waals surface area contributed by atoms with Gasteiger partial charge in [-0.2, -0.15) is 0 Å². The van der Waals surface area contributed by atoms with Crippen molar-refractivity contribution < 1.29 is 9.18 Å². The van der Waals surface area contributed by atoms with Crippen LogP contribution >= 0.6 is 9.24 Å². The summed E-state index contributed by atoms with van der Waals surface area (Å²) >= 11 is 0. The zero-order valence-electron chi connectivity index (χ0n) is 21.1. The van der Waals surface area contributed by atoms with Crippen LogP contribution < -0.4 is 10.2 Å². The van der Waals surface area contributed by atoms with E-state index in [1.807, 2.05) is 39.8 Å². The Bertz CT molecular complexity index is 963. The van der Waals surface area contributed by atoms with Crippen molar-refractivity contribution in [3.63, 3.8) is 0 Å². The normalized spacial score (nSPS) is 14.1. The Morgan fingerprint density at radius 1 is 1.35 bits per heavy atom. The van der Waals surface area contributed by atoms with Crippen LogP contribution in [-0.4, -0.2) is 39.8 Å². The number of nitrogens with zero attached hydrogens (tertiary/aromatic N) is 4. The Hall–Kier alpha value is -2.86. The van der Waals surface area contributed by atoms with E-state index in [9.17, 15) is 9.18 Å². The third kappa shape index (κ3) is 8.17. The predicted molar refractivity (Wildman–Crippen MR) is 144 cm³/mol. The average molecular weight is 489 g/mol. The summed E-state index contributed by atoms with van der Waals surface area (Å²) in [5.41, 5.74) is 2.91. The van der Waals surface area contributed by atoms with Crippen LogP contribution in [0, 0.1) is 5.92 Å². The highest BCUT2D eigenvalue weighted by molar-refractivity contribution is 7.18. The van der Waals surface area contributed by atoms with Crippen LogP contribution in [0.4, 0.5) is 14.9 Å². The Kier molecular flexibility index (Phi) is 12.4. The van der Waals surface area contributed by atoms with E-state index in [-0.39, 0.29) is 11.9 Å². The Morgan fingerprint density at radius 2 is 2.06 bits per heavy atom. The van der Waals surface area contributed by atoms with Crippen molar-refractivity contribution in [1.82, 2.24) is 20.3 Å². The van der Waals surface area contributed by atoms with Crippen molar-refractivity contribution in [2.24, 2.45) is 10.9 Å². The number of aromatic nitrogens is 3. The Balaban J connectivity index is 0.00000281. The summed E-state index contributed by atoms with van der Waals surface area (Å²) in [6.45, 7) is 13.3. The van der Waals surface area contributed by atoms with E-state index < -0.39 is 5.41 Å². The number of amides is 2. The second kappa shape index (κ2) is 14.4. The molecule has 186 valence electrons. The summed E-state index contributed by atoms with van der Waals surface area (Å²) in [4.78, 5) is 30.2. The molecule has 0 radical (unpaired) electrons. The van der Waals surface area contributed by atoms with E-state index in [0.717, 1.165) is 17.8 Å². The predicted octanol–water partition coefficient (Wildman–Crippen LogP) is 6.28. The maximum atomic E-state index is 14.3. The number of aromatic amines is 1. The smallest absolute Gasteiger partial charge is 0.331 e. The molecule has 7 nitrogen and oxygen atoms in total. The molecule has 0 aliphatic heterocycles. The number of alkyl halides is 1. The first-order valence-electron chi connectivity index (χ1n) is 11.6. The number of imidazole rings is 1. The number of rotatable bonds is 10. The first-order chi connectivity index (χ1) is 16.2. The lowest BCUT2D eigenvalue weighted by molar-refractivity contribution is 0.241. The first kappa shape index (κ1) is 29.2. The molecule has 2 N–H and O–H groups in total. The van der Waals surface area contributed by atoms with E-state index in [1.165, 1.54) is 13.3 Å². The second-order valence-electron chi connectivity index (χ2n) is 7.49. The van der Waals surface area contributed by atoms with Crippen molar-refractivity contribution in [3.05, 3.63) is 54.6 Å². The van der Waals surface area contributed by atoms with Crippen LogP contribution in [0.2, 0.25) is 0 Å². The highest BCUT2D eigenvalue weighted by atomic mass is 31.0. The number of pyridine rings is 1. The van der Waals surface area contributed by atoms with E-state index >= 15 is 0 Å². The molecular formula is C25H38FN6OP. The minimum absolute atomic E-state index is 0.311. The molecular weight excluding hydrogens is 450 g/mol. The molecule has 0 aliphatic rings. The van der Waals surface area contributed by atoms with Crippen molar-refractivity contribution in [2.45, 2.75) is 59.3 Å². The molecule has 0 saturated heterocycles. The van der Waals surface area contributed by atoms with Gasteiger partial charge in [-0.3, -0.25) is 20.2 Å². The van der Waals surface area contributed by atoms with Gasteiger partial charge in [-0.25, -0.2) is 14.2 Å². The quantitative estimate of drug-likeness (QED) is 0.179. The number of hydrogen-bond donors (Lipinski definition) is 2. The molecule has 2 aromatic rings. The van der Waals surface area contributed by atoms with Crippen LogP contribution in [0.3, 0.4) is 0 Å². The highest BCUT2D eigenvalue weighted by Gasteiger charge is 2.27. The molecule has 0 bridgehead atoms. The van der Waals surface area contributed by atoms with Gasteiger partial charge in [-0.1, -0.05) is 49.1 Å². The summed E-state index contributed by atoms with van der Waals surface area (Å²) in [5.74, 6) is 0.209. The van der Waals surface area contributed by atoms with Crippen molar-refractivity contribution in [3.8, 4) is 11.5 Å². The Labute approximate surface area is 205 Å². The summed E-state index contributed by atoms with van der Waals surface area (Å²) in [6, 6.07) is 3.31. The van der Waals surface area contributed by atoms with Crippen molar-refractivity contribution in [1.29, 1.82) is 0 Å². The molecule has 2 amide bonds. The number of carbonyl (C=O) groups is 1. The van der Waals surface area contributed by atoms with Gasteiger partial charge >= 0.3 is 6.03 Å². The number of H-pyrrole nitrogens is 1. The molecule has 0 saturated carbocycles. The van der Waals surface area contributed by atoms with E-state index in [4.69, 9.17) is 0 Å². The van der Waals surface area contributed by atoms with Crippen LogP contribution in [0.5, 0.6) is 0 Å². The molecule has 0 fully saturated rings. The molecule has 0 aliphatic carbocycles. The fraction of sp³-hybridized carbons (Fsp3) is 0.440. The van der Waals surface area contributed by atoms with Gasteiger partial charge in [0.05, 0.1) is 18.2 Å². The lowest BCUT2D eigenvalue weighted by Gasteiger charge is -2.24. The second-order valence-corrected chi connectivity index (χ2v) is 8.61. The Morgan fingerprint density at radius 3 is 2.56 bits per heavy atom. The fourth-order valence-electron chi connectivity index (χ4n) is 3.23. The van der Waals surface area contributed by atoms with Gasteiger partial charge in [-0.05, 0) is 38.3 Å². The van der Waals surface area contributed by atoms with Gasteiger partial charge in [0, 0.05) is 30.6 Å². The molecule has 2 rings (SSSR count). The van der Waals surface area contributed by atoms with Gasteiger partial charge in [0.2, 0.25) is 0 Å². The van der Waals surface area contributed by atoms with Gasteiger partial charge < -0.3 is 4.98 Å². The van der Waals surface area contributed by atoms with Crippen LogP contribution in [-0.2, 0) is 6.42 Å². The van der Waals surface area contributed by atoms with Crippen molar-refractivity contribution >= 4 is 27.3 Å². The minimum Gasteiger partial charge on any atom is -0.341 e. The van der Waals surface area contributed by atoms with Crippen LogP contribution in [0.1, 0.15) is 53.2 Å². The molecule has 2 aromatic heterocycles. The number of anilines is 1. The summed E-state index contributed by atoms with van der Waals surface area (Å²) in [7, 11) is 3.81. The van der Waals surface area contributed by atoms with E-state index in [2.05, 4.69) is 41.1 Å². The zero-order chi connectivity index (χ0) is 25.7. The van der Waals surface area contributed by atoms with Crippen LogP contribution in [0.25, 0.3) is 11.5 Å². The minimum atomic E-state index is -1.46. The summed E-state index contributed by atoms with van der Waals surface area (Å²) in [6.07, 6.45) is 10.2. The lowest BCUT2D eigenvalue weighted by Crippen LogP contribution is -2.39. The molecule has 9 heteroatoms. The number of carbonyl (C=O) groups excluding carboxylic acids is 1. The molecule has 2 heterocycles. The first-order valence-corrected chi connectivity index (χ1v) is 12.1. The number of hydrogen-bond acceptors (Lipinski definition) is 4. The number of halogens is 1. The topological polar surface area (TPSA) is 86.3 Å². The number of urea groups is 1. The van der Waals surface area contributed by atoms with Crippen molar-refractivity contribution in [2.75, 3.05) is 11.9 Å². The molecule has 34 heavy (non-hydrogen) atoms.